The standard InChI is InChI=1S/C36H48N4.Cu/c1-9-26-27(10-2)32-29(12-4)34-36(15-7,16-8)35(13-5,14-6)33(40-34)28(11-3)30-20-19-24(38-30)21-23-17-18-25(37-23)22-31(26)39-32;/h17-22,38-39H,9-16H2,1-8H3;. The molecule has 2 aliphatic heterocycles. The van der Waals surface area contributed by atoms with Crippen molar-refractivity contribution in [2.24, 2.45) is 0 Å². The summed E-state index contributed by atoms with van der Waals surface area (Å²) in [5, 5.41) is 0. The van der Waals surface area contributed by atoms with Gasteiger partial charge in [-0.3, -0.25) is 4.98 Å². The van der Waals surface area contributed by atoms with Crippen LogP contribution in [0.15, 0.2) is 24.3 Å². The molecular formula is C36H48CuN4. The van der Waals surface area contributed by atoms with E-state index in [1.54, 1.807) is 0 Å². The van der Waals surface area contributed by atoms with Gasteiger partial charge in [-0.15, -0.1) is 0 Å². The SMILES string of the molecule is CCc1c2nc(c(CC)c3[nH]c(cc4nc(cc5ccc1[nH]5)C=C4)c(CC)c3CC)C(CC)(CC)C2(CC)CC.[Cu]. The average Bonchev–Trinajstić information content (AvgIpc) is 3.75. The van der Waals surface area contributed by atoms with Crippen molar-refractivity contribution in [3.63, 3.8) is 0 Å². The van der Waals surface area contributed by atoms with Crippen LogP contribution in [0.1, 0.15) is 126 Å². The maximum atomic E-state index is 5.81. The maximum absolute atomic E-state index is 5.81. The molecule has 5 rings (SSSR count). The zero-order valence-electron chi connectivity index (χ0n) is 26.3. The summed E-state index contributed by atoms with van der Waals surface area (Å²) < 4.78 is 0. The molecule has 0 atom stereocenters. The Morgan fingerprint density at radius 2 is 1.10 bits per heavy atom. The summed E-state index contributed by atoms with van der Waals surface area (Å²) in [7, 11) is 0. The quantitative estimate of drug-likeness (QED) is 0.198. The predicted molar refractivity (Wildman–Crippen MR) is 172 cm³/mol. The molecule has 0 spiro atoms. The largest absolute Gasteiger partial charge is 0.355 e. The van der Waals surface area contributed by atoms with Crippen LogP contribution in [0, 0.1) is 0 Å². The summed E-state index contributed by atoms with van der Waals surface area (Å²) in [5.41, 5.74) is 15.0. The zero-order valence-corrected chi connectivity index (χ0v) is 27.3. The van der Waals surface area contributed by atoms with E-state index in [2.05, 4.69) is 102 Å². The summed E-state index contributed by atoms with van der Waals surface area (Å²) in [5.74, 6) is 0. The Bertz CT molecular complexity index is 1600. The number of fused-ring (bicyclic) bond motifs is 8. The Balaban J connectivity index is 0.00000387. The van der Waals surface area contributed by atoms with Gasteiger partial charge in [0.15, 0.2) is 0 Å². The van der Waals surface area contributed by atoms with Crippen molar-refractivity contribution >= 4 is 34.2 Å². The molecule has 3 aromatic heterocycles. The third-order valence-corrected chi connectivity index (χ3v) is 10.3. The van der Waals surface area contributed by atoms with E-state index in [0.29, 0.717) is 0 Å². The van der Waals surface area contributed by atoms with Gasteiger partial charge < -0.3 is 9.97 Å². The van der Waals surface area contributed by atoms with Gasteiger partial charge in [-0.05, 0) is 110 Å². The van der Waals surface area contributed by atoms with Crippen LogP contribution in [-0.2, 0) is 53.6 Å². The van der Waals surface area contributed by atoms with Crippen molar-refractivity contribution < 1.29 is 17.1 Å². The fourth-order valence-electron chi connectivity index (χ4n) is 8.27. The molecule has 41 heavy (non-hydrogen) atoms. The minimum Gasteiger partial charge on any atom is -0.355 e. The smallest absolute Gasteiger partial charge is 0.0658 e. The maximum Gasteiger partial charge on any atom is 0.0658 e. The third kappa shape index (κ3) is 4.64. The number of nitrogens with one attached hydrogen (secondary N) is 2. The first-order valence-corrected chi connectivity index (χ1v) is 15.9. The molecule has 0 fully saturated rings. The molecule has 3 aromatic rings. The third-order valence-electron chi connectivity index (χ3n) is 10.3. The van der Waals surface area contributed by atoms with E-state index < -0.39 is 0 Å². The number of rotatable bonds is 8. The molecular weight excluding hydrogens is 552 g/mol. The molecule has 5 heteroatoms. The van der Waals surface area contributed by atoms with E-state index in [1.807, 2.05) is 0 Å². The fraction of sp³-hybridized carbons (Fsp3) is 0.500. The van der Waals surface area contributed by atoms with Gasteiger partial charge in [0.1, 0.15) is 0 Å². The topological polar surface area (TPSA) is 57.4 Å². The first kappa shape index (κ1) is 31.3. The van der Waals surface area contributed by atoms with Crippen molar-refractivity contribution in [1.82, 2.24) is 19.9 Å². The Morgan fingerprint density at radius 1 is 0.561 bits per heavy atom. The van der Waals surface area contributed by atoms with E-state index in [9.17, 15) is 0 Å². The van der Waals surface area contributed by atoms with Crippen LogP contribution in [0.3, 0.4) is 0 Å². The van der Waals surface area contributed by atoms with Crippen LogP contribution < -0.4 is 0 Å². The monoisotopic (exact) mass is 599 g/mol. The van der Waals surface area contributed by atoms with Crippen LogP contribution in [0.5, 0.6) is 0 Å². The molecule has 0 aromatic carbocycles. The number of nitrogens with zero attached hydrogens (tertiary/aromatic N) is 2. The molecule has 8 bridgehead atoms. The second-order valence-corrected chi connectivity index (χ2v) is 11.5. The van der Waals surface area contributed by atoms with E-state index >= 15 is 0 Å². The van der Waals surface area contributed by atoms with Crippen LogP contribution in [0.2, 0.25) is 0 Å². The zero-order chi connectivity index (χ0) is 28.7. The van der Waals surface area contributed by atoms with Gasteiger partial charge in [-0.2, -0.15) is 0 Å². The van der Waals surface area contributed by atoms with Gasteiger partial charge in [0, 0.05) is 50.0 Å². The fourth-order valence-corrected chi connectivity index (χ4v) is 8.27. The molecule has 223 valence electrons. The Hall–Kier alpha value is -2.62. The van der Waals surface area contributed by atoms with Gasteiger partial charge in [0.25, 0.3) is 0 Å². The van der Waals surface area contributed by atoms with E-state index in [-0.39, 0.29) is 27.9 Å². The molecule has 0 amide bonds. The Kier molecular flexibility index (Phi) is 9.41. The summed E-state index contributed by atoms with van der Waals surface area (Å²) in [6, 6.07) is 8.84. The average molecular weight is 600 g/mol. The molecule has 5 heterocycles. The van der Waals surface area contributed by atoms with Crippen LogP contribution >= 0.6 is 0 Å². The minimum atomic E-state index is -0.0127. The molecule has 0 saturated heterocycles. The number of hydrogen-bond acceptors (Lipinski definition) is 2. The number of hydrogen-bond donors (Lipinski definition) is 2. The van der Waals surface area contributed by atoms with Gasteiger partial charge in [0.2, 0.25) is 0 Å². The van der Waals surface area contributed by atoms with E-state index in [0.717, 1.165) is 68.3 Å². The van der Waals surface area contributed by atoms with Crippen molar-refractivity contribution in [2.75, 3.05) is 0 Å². The molecule has 0 aliphatic carbocycles. The van der Waals surface area contributed by atoms with E-state index in [1.165, 1.54) is 50.2 Å². The van der Waals surface area contributed by atoms with Crippen molar-refractivity contribution in [2.45, 2.75) is 118 Å². The summed E-state index contributed by atoms with van der Waals surface area (Å²) in [4.78, 5) is 18.5. The van der Waals surface area contributed by atoms with Gasteiger partial charge >= 0.3 is 0 Å². The van der Waals surface area contributed by atoms with Crippen LogP contribution in [0.25, 0.3) is 34.2 Å². The number of H-pyrrole nitrogens is 2. The molecule has 1 radical (unpaired) electrons. The normalized spacial score (nSPS) is 15.2. The Labute approximate surface area is 257 Å². The minimum absolute atomic E-state index is 0. The first-order chi connectivity index (χ1) is 19.4. The van der Waals surface area contributed by atoms with Crippen LogP contribution in [0.4, 0.5) is 0 Å². The van der Waals surface area contributed by atoms with Crippen LogP contribution in [-0.4, -0.2) is 19.9 Å². The van der Waals surface area contributed by atoms with Gasteiger partial charge in [-0.1, -0.05) is 55.4 Å². The molecule has 0 unspecified atom stereocenters. The van der Waals surface area contributed by atoms with Crippen molar-refractivity contribution in [1.29, 1.82) is 0 Å². The Morgan fingerprint density at radius 3 is 1.63 bits per heavy atom. The van der Waals surface area contributed by atoms with E-state index in [4.69, 9.17) is 9.97 Å². The second-order valence-electron chi connectivity index (χ2n) is 11.5. The predicted octanol–water partition coefficient (Wildman–Crippen LogP) is 9.55. The number of aromatic amines is 2. The summed E-state index contributed by atoms with van der Waals surface area (Å²) >= 11 is 0. The van der Waals surface area contributed by atoms with Gasteiger partial charge in [-0.25, -0.2) is 4.98 Å². The molecule has 2 N–H and O–H groups in total. The summed E-state index contributed by atoms with van der Waals surface area (Å²) in [6.45, 7) is 18.8. The number of aryl methyl sites for hydroxylation is 4. The van der Waals surface area contributed by atoms with Crippen molar-refractivity contribution in [3.8, 4) is 0 Å². The molecule has 2 aliphatic rings. The second kappa shape index (κ2) is 12.3. The first-order valence-electron chi connectivity index (χ1n) is 15.9. The summed E-state index contributed by atoms with van der Waals surface area (Å²) in [6.07, 6.45) is 12.5. The van der Waals surface area contributed by atoms with Crippen molar-refractivity contribution in [3.05, 3.63) is 69.3 Å². The molecule has 0 saturated carbocycles. The number of aromatic nitrogens is 4. The molecule has 4 nitrogen and oxygen atoms in total. The van der Waals surface area contributed by atoms with Gasteiger partial charge in [0.05, 0.1) is 22.8 Å².